The Morgan fingerprint density at radius 2 is 1.80 bits per heavy atom. The maximum atomic E-state index is 12.8. The Labute approximate surface area is 176 Å². The molecule has 30 heavy (non-hydrogen) atoms. The SMILES string of the molecule is Cc1ccc(NC(=O)c2ccc(N3CCCC3=O)cc2)c(OCc2ccccc2)c1. The minimum absolute atomic E-state index is 0.132. The van der Waals surface area contributed by atoms with Crippen LogP contribution in [0.3, 0.4) is 0 Å². The van der Waals surface area contributed by atoms with Crippen molar-refractivity contribution in [2.24, 2.45) is 0 Å². The lowest BCUT2D eigenvalue weighted by atomic mass is 10.1. The molecule has 4 rings (SSSR count). The van der Waals surface area contributed by atoms with Gasteiger partial charge in [0.1, 0.15) is 12.4 Å². The van der Waals surface area contributed by atoms with Crippen LogP contribution in [0.15, 0.2) is 72.8 Å². The summed E-state index contributed by atoms with van der Waals surface area (Å²) in [5, 5.41) is 2.94. The van der Waals surface area contributed by atoms with Crippen molar-refractivity contribution in [3.05, 3.63) is 89.5 Å². The van der Waals surface area contributed by atoms with Crippen LogP contribution in [0.4, 0.5) is 11.4 Å². The number of amides is 2. The van der Waals surface area contributed by atoms with Gasteiger partial charge in [-0.05, 0) is 60.9 Å². The van der Waals surface area contributed by atoms with Crippen LogP contribution in [-0.4, -0.2) is 18.4 Å². The standard InChI is InChI=1S/C25H24N2O3/c1-18-9-14-22(23(16-18)30-17-19-6-3-2-4-7-19)26-25(29)20-10-12-21(13-11-20)27-15-5-8-24(27)28/h2-4,6-7,9-14,16H,5,8,15,17H2,1H3,(H,26,29). The summed E-state index contributed by atoms with van der Waals surface area (Å²) < 4.78 is 5.98. The quantitative estimate of drug-likeness (QED) is 0.637. The Balaban J connectivity index is 1.46. The third-order valence-corrected chi connectivity index (χ3v) is 5.14. The molecule has 2 amide bonds. The second kappa shape index (κ2) is 8.82. The smallest absolute Gasteiger partial charge is 0.255 e. The summed E-state index contributed by atoms with van der Waals surface area (Å²) in [4.78, 5) is 26.4. The van der Waals surface area contributed by atoms with E-state index in [0.29, 0.717) is 30.0 Å². The predicted molar refractivity (Wildman–Crippen MR) is 118 cm³/mol. The normalized spacial score (nSPS) is 13.4. The molecule has 0 aromatic heterocycles. The van der Waals surface area contributed by atoms with Gasteiger partial charge in [-0.25, -0.2) is 0 Å². The molecule has 1 saturated heterocycles. The highest BCUT2D eigenvalue weighted by atomic mass is 16.5. The van der Waals surface area contributed by atoms with Crippen LogP contribution in [0, 0.1) is 6.92 Å². The van der Waals surface area contributed by atoms with Gasteiger partial charge in [-0.3, -0.25) is 9.59 Å². The molecule has 152 valence electrons. The highest BCUT2D eigenvalue weighted by Crippen LogP contribution is 2.28. The molecule has 3 aromatic rings. The Morgan fingerprint density at radius 3 is 2.50 bits per heavy atom. The molecule has 5 nitrogen and oxygen atoms in total. The van der Waals surface area contributed by atoms with E-state index in [1.807, 2.05) is 67.6 Å². The average Bonchev–Trinajstić information content (AvgIpc) is 3.20. The van der Waals surface area contributed by atoms with Crippen LogP contribution in [0.2, 0.25) is 0 Å². The predicted octanol–water partition coefficient (Wildman–Crippen LogP) is 4.95. The molecule has 1 aliphatic heterocycles. The van der Waals surface area contributed by atoms with E-state index in [-0.39, 0.29) is 11.8 Å². The zero-order valence-electron chi connectivity index (χ0n) is 16.9. The highest BCUT2D eigenvalue weighted by Gasteiger charge is 2.21. The first-order chi connectivity index (χ1) is 14.6. The van der Waals surface area contributed by atoms with Crippen LogP contribution in [0.1, 0.15) is 34.3 Å². The molecule has 0 unspecified atom stereocenters. The van der Waals surface area contributed by atoms with Crippen molar-refractivity contribution in [3.8, 4) is 5.75 Å². The van der Waals surface area contributed by atoms with Crippen molar-refractivity contribution in [2.45, 2.75) is 26.4 Å². The van der Waals surface area contributed by atoms with Crippen molar-refractivity contribution in [1.82, 2.24) is 0 Å². The van der Waals surface area contributed by atoms with E-state index in [4.69, 9.17) is 4.74 Å². The van der Waals surface area contributed by atoms with Crippen LogP contribution in [-0.2, 0) is 11.4 Å². The number of hydrogen-bond donors (Lipinski definition) is 1. The van der Waals surface area contributed by atoms with Gasteiger partial charge in [-0.15, -0.1) is 0 Å². The van der Waals surface area contributed by atoms with Gasteiger partial charge in [0.2, 0.25) is 5.91 Å². The van der Waals surface area contributed by atoms with Gasteiger partial charge >= 0.3 is 0 Å². The molecule has 0 atom stereocenters. The van der Waals surface area contributed by atoms with Gasteiger partial charge in [0, 0.05) is 24.2 Å². The molecule has 5 heteroatoms. The molecule has 0 saturated carbocycles. The van der Waals surface area contributed by atoms with Crippen LogP contribution in [0.5, 0.6) is 5.75 Å². The summed E-state index contributed by atoms with van der Waals surface area (Å²) in [5.41, 5.74) is 4.09. The van der Waals surface area contributed by atoms with Gasteiger partial charge in [0.15, 0.2) is 0 Å². The first kappa shape index (κ1) is 19.7. The molecule has 3 aromatic carbocycles. The third-order valence-electron chi connectivity index (χ3n) is 5.14. The number of carbonyl (C=O) groups excluding carboxylic acids is 2. The number of nitrogens with one attached hydrogen (secondary N) is 1. The fourth-order valence-corrected chi connectivity index (χ4v) is 3.50. The lowest BCUT2D eigenvalue weighted by Crippen LogP contribution is -2.23. The molecule has 0 spiro atoms. The van der Waals surface area contributed by atoms with Gasteiger partial charge in [0.05, 0.1) is 5.69 Å². The maximum Gasteiger partial charge on any atom is 0.255 e. The summed E-state index contributed by atoms with van der Waals surface area (Å²) in [7, 11) is 0. The molecule has 1 N–H and O–H groups in total. The topological polar surface area (TPSA) is 58.6 Å². The summed E-state index contributed by atoms with van der Waals surface area (Å²) >= 11 is 0. The van der Waals surface area contributed by atoms with Crippen molar-refractivity contribution < 1.29 is 14.3 Å². The van der Waals surface area contributed by atoms with E-state index in [9.17, 15) is 9.59 Å². The Hall–Kier alpha value is -3.60. The summed E-state index contributed by atoms with van der Waals surface area (Å²) in [6, 6.07) is 22.7. The fourth-order valence-electron chi connectivity index (χ4n) is 3.50. The zero-order chi connectivity index (χ0) is 20.9. The van der Waals surface area contributed by atoms with Crippen molar-refractivity contribution >= 4 is 23.2 Å². The van der Waals surface area contributed by atoms with E-state index in [2.05, 4.69) is 5.32 Å². The number of rotatable bonds is 6. The Morgan fingerprint density at radius 1 is 1.03 bits per heavy atom. The van der Waals surface area contributed by atoms with Crippen molar-refractivity contribution in [2.75, 3.05) is 16.8 Å². The average molecular weight is 400 g/mol. The number of aryl methyl sites for hydroxylation is 1. The molecule has 0 bridgehead atoms. The van der Waals surface area contributed by atoms with Gasteiger partial charge < -0.3 is 15.0 Å². The summed E-state index contributed by atoms with van der Waals surface area (Å²) in [6.45, 7) is 3.14. The number of carbonyl (C=O) groups is 2. The Kier molecular flexibility index (Phi) is 5.80. The van der Waals surface area contributed by atoms with Gasteiger partial charge in [-0.1, -0.05) is 36.4 Å². The van der Waals surface area contributed by atoms with Crippen molar-refractivity contribution in [1.29, 1.82) is 0 Å². The lowest BCUT2D eigenvalue weighted by Gasteiger charge is -2.16. The molecule has 0 radical (unpaired) electrons. The van der Waals surface area contributed by atoms with Crippen LogP contribution in [0.25, 0.3) is 0 Å². The second-order valence-corrected chi connectivity index (χ2v) is 7.42. The number of ether oxygens (including phenoxy) is 1. The van der Waals surface area contributed by atoms with Crippen LogP contribution < -0.4 is 15.0 Å². The minimum atomic E-state index is -0.220. The second-order valence-electron chi connectivity index (χ2n) is 7.42. The molecule has 1 fully saturated rings. The molecule has 0 aliphatic carbocycles. The number of hydrogen-bond acceptors (Lipinski definition) is 3. The van der Waals surface area contributed by atoms with Gasteiger partial charge in [0.25, 0.3) is 5.91 Å². The van der Waals surface area contributed by atoms with E-state index in [1.165, 1.54) is 0 Å². The number of anilines is 2. The highest BCUT2D eigenvalue weighted by molar-refractivity contribution is 6.05. The van der Waals surface area contributed by atoms with E-state index < -0.39 is 0 Å². The number of nitrogens with zero attached hydrogens (tertiary/aromatic N) is 1. The number of benzene rings is 3. The minimum Gasteiger partial charge on any atom is -0.487 e. The first-order valence-corrected chi connectivity index (χ1v) is 10.1. The lowest BCUT2D eigenvalue weighted by molar-refractivity contribution is -0.117. The molecule has 1 aliphatic rings. The molecule has 1 heterocycles. The largest absolute Gasteiger partial charge is 0.487 e. The molecular formula is C25H24N2O3. The fraction of sp³-hybridized carbons (Fsp3) is 0.200. The van der Waals surface area contributed by atoms with Crippen LogP contribution >= 0.6 is 0 Å². The van der Waals surface area contributed by atoms with Crippen molar-refractivity contribution in [3.63, 3.8) is 0 Å². The maximum absolute atomic E-state index is 12.8. The van der Waals surface area contributed by atoms with E-state index >= 15 is 0 Å². The summed E-state index contributed by atoms with van der Waals surface area (Å²) in [5.74, 6) is 0.543. The molecular weight excluding hydrogens is 376 g/mol. The third kappa shape index (κ3) is 4.51. The monoisotopic (exact) mass is 400 g/mol. The Bertz CT molecular complexity index is 1050. The first-order valence-electron chi connectivity index (χ1n) is 10.1. The summed E-state index contributed by atoms with van der Waals surface area (Å²) in [6.07, 6.45) is 1.46. The van der Waals surface area contributed by atoms with E-state index in [1.54, 1.807) is 17.0 Å². The van der Waals surface area contributed by atoms with Gasteiger partial charge in [-0.2, -0.15) is 0 Å². The zero-order valence-corrected chi connectivity index (χ0v) is 16.9. The van der Waals surface area contributed by atoms with E-state index in [0.717, 1.165) is 29.8 Å².